The molecular weight excluding hydrogens is 306 g/mol. The minimum absolute atomic E-state index is 0.0633. The Morgan fingerprint density at radius 2 is 2.21 bits per heavy atom. The molecule has 0 aromatic carbocycles. The van der Waals surface area contributed by atoms with Crippen molar-refractivity contribution in [3.63, 3.8) is 0 Å². The number of hydrogen-bond acceptors (Lipinski definition) is 6. The molecule has 3 aromatic heterocycles. The van der Waals surface area contributed by atoms with E-state index < -0.39 is 0 Å². The van der Waals surface area contributed by atoms with Crippen LogP contribution >= 0.6 is 0 Å². The van der Waals surface area contributed by atoms with Gasteiger partial charge in [0.05, 0.1) is 11.9 Å². The van der Waals surface area contributed by atoms with E-state index in [-0.39, 0.29) is 11.6 Å². The first kappa shape index (κ1) is 14.7. The first-order valence-electron chi connectivity index (χ1n) is 7.96. The molecule has 3 aromatic rings. The molecule has 1 fully saturated rings. The number of imidazole rings is 1. The minimum atomic E-state index is -0.0633. The molecule has 1 N–H and O–H groups in total. The summed E-state index contributed by atoms with van der Waals surface area (Å²) >= 11 is 0. The smallest absolute Gasteiger partial charge is 0.293 e. The lowest BCUT2D eigenvalue weighted by Crippen LogP contribution is -2.33. The third-order valence-electron chi connectivity index (χ3n) is 4.28. The number of nitrogens with one attached hydrogen (secondary N) is 1. The van der Waals surface area contributed by atoms with Crippen molar-refractivity contribution < 1.29 is 0 Å². The van der Waals surface area contributed by atoms with E-state index in [1.165, 1.54) is 0 Å². The molecule has 0 bridgehead atoms. The van der Waals surface area contributed by atoms with E-state index in [1.54, 1.807) is 28.5 Å². The molecule has 8 nitrogen and oxygen atoms in total. The maximum atomic E-state index is 12.2. The second-order valence-corrected chi connectivity index (χ2v) is 6.15. The zero-order valence-corrected chi connectivity index (χ0v) is 13.7. The van der Waals surface area contributed by atoms with E-state index in [0.29, 0.717) is 5.82 Å². The van der Waals surface area contributed by atoms with Gasteiger partial charge in [-0.2, -0.15) is 0 Å². The number of fused-ring (bicyclic) bond motifs is 1. The van der Waals surface area contributed by atoms with Crippen LogP contribution in [0.3, 0.4) is 0 Å². The summed E-state index contributed by atoms with van der Waals surface area (Å²) in [5.74, 6) is 1.32. The van der Waals surface area contributed by atoms with Gasteiger partial charge in [0.15, 0.2) is 11.5 Å². The third kappa shape index (κ3) is 2.60. The molecule has 1 saturated heterocycles. The van der Waals surface area contributed by atoms with Crippen LogP contribution in [0.25, 0.3) is 5.65 Å². The Balaban J connectivity index is 1.50. The van der Waals surface area contributed by atoms with E-state index >= 15 is 0 Å². The van der Waals surface area contributed by atoms with Gasteiger partial charge in [0.1, 0.15) is 5.82 Å². The largest absolute Gasteiger partial charge is 0.364 e. The van der Waals surface area contributed by atoms with E-state index in [2.05, 4.69) is 20.4 Å². The topological polar surface area (TPSA) is 80.4 Å². The van der Waals surface area contributed by atoms with E-state index in [4.69, 9.17) is 0 Å². The van der Waals surface area contributed by atoms with Gasteiger partial charge in [-0.25, -0.2) is 14.5 Å². The molecule has 0 radical (unpaired) electrons. The van der Waals surface area contributed by atoms with Crippen LogP contribution in [0.4, 0.5) is 11.6 Å². The van der Waals surface area contributed by atoms with Crippen LogP contribution in [0.15, 0.2) is 35.5 Å². The standard InChI is InChI=1S/C16H19N7O/c1-11-9-23-14(18-11)4-3-13(20-23)19-12-5-7-22(10-12)15-16(24)21(2)8-6-17-15/h3-4,6,8-9,12H,5,7,10H2,1-2H3,(H,19,20). The summed E-state index contributed by atoms with van der Waals surface area (Å²) in [7, 11) is 1.74. The Labute approximate surface area is 138 Å². The van der Waals surface area contributed by atoms with Gasteiger partial charge in [0, 0.05) is 38.6 Å². The predicted octanol–water partition coefficient (Wildman–Crippen LogP) is 0.822. The molecule has 8 heteroatoms. The molecule has 0 amide bonds. The van der Waals surface area contributed by atoms with Gasteiger partial charge in [0.2, 0.25) is 0 Å². The van der Waals surface area contributed by atoms with Crippen LogP contribution in [-0.4, -0.2) is 43.3 Å². The monoisotopic (exact) mass is 325 g/mol. The lowest BCUT2D eigenvalue weighted by Gasteiger charge is -2.17. The van der Waals surface area contributed by atoms with Gasteiger partial charge in [-0.3, -0.25) is 4.79 Å². The molecule has 4 heterocycles. The molecule has 1 aliphatic rings. The lowest BCUT2D eigenvalue weighted by molar-refractivity contribution is 0.782. The third-order valence-corrected chi connectivity index (χ3v) is 4.28. The summed E-state index contributed by atoms with van der Waals surface area (Å²) in [5, 5.41) is 7.97. The van der Waals surface area contributed by atoms with Crippen molar-refractivity contribution in [2.45, 2.75) is 19.4 Å². The molecular formula is C16H19N7O. The Morgan fingerprint density at radius 3 is 3.08 bits per heavy atom. The van der Waals surface area contributed by atoms with Crippen molar-refractivity contribution >= 4 is 17.3 Å². The van der Waals surface area contributed by atoms with Gasteiger partial charge in [0.25, 0.3) is 5.56 Å². The summed E-state index contributed by atoms with van der Waals surface area (Å²) in [6.07, 6.45) is 6.17. The van der Waals surface area contributed by atoms with Crippen molar-refractivity contribution in [2.75, 3.05) is 23.3 Å². The highest BCUT2D eigenvalue weighted by molar-refractivity contribution is 5.46. The van der Waals surface area contributed by atoms with Crippen molar-refractivity contribution in [3.05, 3.63) is 46.8 Å². The fraction of sp³-hybridized carbons (Fsp3) is 0.375. The SMILES string of the molecule is Cc1cn2nc(NC3CCN(c4nccn(C)c4=O)C3)ccc2n1. The minimum Gasteiger partial charge on any atom is -0.364 e. The molecule has 0 aliphatic carbocycles. The molecule has 1 unspecified atom stereocenters. The van der Waals surface area contributed by atoms with Gasteiger partial charge in [-0.15, -0.1) is 5.10 Å². The fourth-order valence-electron chi connectivity index (χ4n) is 3.06. The van der Waals surface area contributed by atoms with Crippen LogP contribution < -0.4 is 15.8 Å². The highest BCUT2D eigenvalue weighted by Gasteiger charge is 2.25. The first-order valence-corrected chi connectivity index (χ1v) is 7.96. The zero-order valence-electron chi connectivity index (χ0n) is 13.7. The highest BCUT2D eigenvalue weighted by Crippen LogP contribution is 2.18. The van der Waals surface area contributed by atoms with Crippen LogP contribution in [0, 0.1) is 6.92 Å². The van der Waals surface area contributed by atoms with Crippen molar-refractivity contribution in [3.8, 4) is 0 Å². The molecule has 124 valence electrons. The van der Waals surface area contributed by atoms with Crippen LogP contribution in [0.2, 0.25) is 0 Å². The van der Waals surface area contributed by atoms with Crippen LogP contribution in [0.5, 0.6) is 0 Å². The number of hydrogen-bond donors (Lipinski definition) is 1. The van der Waals surface area contributed by atoms with Gasteiger partial charge >= 0.3 is 0 Å². The average molecular weight is 325 g/mol. The molecule has 1 aliphatic heterocycles. The fourth-order valence-corrected chi connectivity index (χ4v) is 3.06. The number of anilines is 2. The quantitative estimate of drug-likeness (QED) is 0.768. The summed E-state index contributed by atoms with van der Waals surface area (Å²) in [5.41, 5.74) is 1.72. The number of aryl methyl sites for hydroxylation is 2. The summed E-state index contributed by atoms with van der Waals surface area (Å²) in [6, 6.07) is 4.11. The second-order valence-electron chi connectivity index (χ2n) is 6.15. The number of rotatable bonds is 3. The van der Waals surface area contributed by atoms with Gasteiger partial charge < -0.3 is 14.8 Å². The highest BCUT2D eigenvalue weighted by atomic mass is 16.1. The maximum absolute atomic E-state index is 12.2. The number of aromatic nitrogens is 5. The molecule has 1 atom stereocenters. The molecule has 24 heavy (non-hydrogen) atoms. The summed E-state index contributed by atoms with van der Waals surface area (Å²) in [6.45, 7) is 3.48. The Hall–Kier alpha value is -2.90. The summed E-state index contributed by atoms with van der Waals surface area (Å²) in [4.78, 5) is 22.8. The average Bonchev–Trinajstić information content (AvgIpc) is 3.15. The number of nitrogens with zero attached hydrogens (tertiary/aromatic N) is 6. The normalized spacial score (nSPS) is 17.6. The van der Waals surface area contributed by atoms with Crippen LogP contribution in [0.1, 0.15) is 12.1 Å². The van der Waals surface area contributed by atoms with Crippen LogP contribution in [-0.2, 0) is 7.05 Å². The zero-order chi connectivity index (χ0) is 16.7. The van der Waals surface area contributed by atoms with Gasteiger partial charge in [-0.1, -0.05) is 0 Å². The van der Waals surface area contributed by atoms with Gasteiger partial charge in [-0.05, 0) is 25.5 Å². The molecule has 0 saturated carbocycles. The Kier molecular flexibility index (Phi) is 3.44. The van der Waals surface area contributed by atoms with Crippen molar-refractivity contribution in [1.29, 1.82) is 0 Å². The first-order chi connectivity index (χ1) is 11.6. The van der Waals surface area contributed by atoms with Crippen molar-refractivity contribution in [1.82, 2.24) is 24.1 Å². The Bertz CT molecular complexity index is 945. The van der Waals surface area contributed by atoms with E-state index in [1.807, 2.05) is 30.2 Å². The Morgan fingerprint density at radius 1 is 1.33 bits per heavy atom. The van der Waals surface area contributed by atoms with E-state index in [0.717, 1.165) is 36.7 Å². The summed E-state index contributed by atoms with van der Waals surface area (Å²) < 4.78 is 3.33. The molecule has 4 rings (SSSR count). The second kappa shape index (κ2) is 5.63. The predicted molar refractivity (Wildman–Crippen MR) is 91.4 cm³/mol. The van der Waals surface area contributed by atoms with E-state index in [9.17, 15) is 4.79 Å². The molecule has 0 spiro atoms. The maximum Gasteiger partial charge on any atom is 0.293 e. The lowest BCUT2D eigenvalue weighted by atomic mass is 10.2. The van der Waals surface area contributed by atoms with Crippen molar-refractivity contribution in [2.24, 2.45) is 7.05 Å².